The number of aromatic nitrogens is 1. The fraction of sp³-hybridized carbons (Fsp3) is 0.391. The second kappa shape index (κ2) is 11.1. The van der Waals surface area contributed by atoms with Crippen LogP contribution in [0.3, 0.4) is 0 Å². The lowest BCUT2D eigenvalue weighted by Crippen LogP contribution is -2.42. The lowest BCUT2D eigenvalue weighted by molar-refractivity contribution is 0.153. The molecule has 0 amide bonds. The number of nitrogens with zero attached hydrogens (tertiary/aromatic N) is 4. The number of benzene rings is 1. The molecule has 2 heterocycles. The molecule has 2 atom stereocenters. The van der Waals surface area contributed by atoms with Gasteiger partial charge >= 0.3 is 0 Å². The Morgan fingerprint density at radius 1 is 1.26 bits per heavy atom. The Morgan fingerprint density at radius 3 is 2.55 bits per heavy atom. The molecule has 1 aliphatic rings. The van der Waals surface area contributed by atoms with Gasteiger partial charge in [0.1, 0.15) is 23.0 Å². The Hall–Kier alpha value is -2.66. The molecule has 3 rings (SSSR count). The van der Waals surface area contributed by atoms with Gasteiger partial charge in [-0.05, 0) is 57.0 Å². The standard InChI is InChI=1S/C23H30FN4O2P/c1-4-22(26-5-2)27-14-11-18(12-15-27)28(20-16-25-13-10-21(20)29-3)17-6-8-19(9-7-17)30-23(24)31/h4-10,13,16,18,23H,11-12,14-15,31H2,1-3H3/b22-4+,26-5-. The van der Waals surface area contributed by atoms with Crippen molar-refractivity contribution in [1.29, 1.82) is 0 Å². The molecule has 1 saturated heterocycles. The number of allylic oxidation sites excluding steroid dienone is 1. The minimum Gasteiger partial charge on any atom is -0.494 e. The Labute approximate surface area is 186 Å². The van der Waals surface area contributed by atoms with Crippen LogP contribution in [0.1, 0.15) is 26.7 Å². The van der Waals surface area contributed by atoms with Gasteiger partial charge in [0, 0.05) is 43.3 Å². The van der Waals surface area contributed by atoms with E-state index in [1.807, 2.05) is 59.8 Å². The highest BCUT2D eigenvalue weighted by Crippen LogP contribution is 2.38. The lowest BCUT2D eigenvalue weighted by atomic mass is 10.0. The number of alkyl halides is 1. The third-order valence-corrected chi connectivity index (χ3v) is 5.41. The number of anilines is 2. The molecule has 31 heavy (non-hydrogen) atoms. The van der Waals surface area contributed by atoms with Gasteiger partial charge < -0.3 is 19.3 Å². The predicted molar refractivity (Wildman–Crippen MR) is 127 cm³/mol. The summed E-state index contributed by atoms with van der Waals surface area (Å²) < 4.78 is 23.9. The van der Waals surface area contributed by atoms with E-state index >= 15 is 0 Å². The number of aliphatic imine (C=N–C) groups is 1. The Balaban J connectivity index is 1.89. The number of halogens is 1. The van der Waals surface area contributed by atoms with Crippen molar-refractivity contribution in [2.24, 2.45) is 4.99 Å². The van der Waals surface area contributed by atoms with E-state index in [2.05, 4.69) is 19.8 Å². The Kier molecular flexibility index (Phi) is 8.24. The molecule has 0 spiro atoms. The van der Waals surface area contributed by atoms with Crippen molar-refractivity contribution in [2.45, 2.75) is 38.8 Å². The third-order valence-electron chi connectivity index (χ3n) is 5.28. The fourth-order valence-corrected chi connectivity index (χ4v) is 4.07. The summed E-state index contributed by atoms with van der Waals surface area (Å²) >= 11 is 0. The SMILES string of the molecule is C/C=N\C(=C/C)N1CCC(N(c2ccc(OC(F)P)cc2)c2cnccc2OC)CC1. The zero-order valence-corrected chi connectivity index (χ0v) is 19.4. The van der Waals surface area contributed by atoms with Crippen LogP contribution in [0.2, 0.25) is 0 Å². The summed E-state index contributed by atoms with van der Waals surface area (Å²) in [6.07, 6.45) is 7.89. The molecule has 1 aromatic carbocycles. The molecular formula is C23H30FN4O2P. The van der Waals surface area contributed by atoms with E-state index in [-0.39, 0.29) is 6.04 Å². The van der Waals surface area contributed by atoms with Crippen molar-refractivity contribution < 1.29 is 13.9 Å². The summed E-state index contributed by atoms with van der Waals surface area (Å²) in [5, 5.41) is 0. The van der Waals surface area contributed by atoms with Crippen LogP contribution in [-0.4, -0.2) is 48.4 Å². The van der Waals surface area contributed by atoms with Crippen LogP contribution in [-0.2, 0) is 0 Å². The fourth-order valence-electron chi connectivity index (χ4n) is 3.91. The van der Waals surface area contributed by atoms with Crippen molar-refractivity contribution in [3.05, 3.63) is 54.6 Å². The van der Waals surface area contributed by atoms with Crippen LogP contribution >= 0.6 is 9.24 Å². The number of likely N-dealkylation sites (tertiary alicyclic amines) is 1. The normalized spacial score (nSPS) is 16.4. The molecule has 0 radical (unpaired) electrons. The molecule has 0 saturated carbocycles. The summed E-state index contributed by atoms with van der Waals surface area (Å²) in [4.78, 5) is 13.4. The van der Waals surface area contributed by atoms with Gasteiger partial charge in [0.2, 0.25) is 6.10 Å². The van der Waals surface area contributed by atoms with Gasteiger partial charge in [-0.25, -0.2) is 4.99 Å². The maximum absolute atomic E-state index is 13.2. The summed E-state index contributed by atoms with van der Waals surface area (Å²) in [7, 11) is 3.66. The van der Waals surface area contributed by atoms with Crippen LogP contribution in [0.4, 0.5) is 15.8 Å². The maximum atomic E-state index is 13.2. The molecule has 6 nitrogen and oxygen atoms in total. The molecule has 0 bridgehead atoms. The Morgan fingerprint density at radius 2 is 1.97 bits per heavy atom. The topological polar surface area (TPSA) is 50.2 Å². The van der Waals surface area contributed by atoms with E-state index in [1.54, 1.807) is 25.4 Å². The highest BCUT2D eigenvalue weighted by atomic mass is 31.0. The van der Waals surface area contributed by atoms with Crippen LogP contribution in [0, 0.1) is 0 Å². The quantitative estimate of drug-likeness (QED) is 0.416. The van der Waals surface area contributed by atoms with E-state index in [9.17, 15) is 4.39 Å². The number of methoxy groups -OCH3 is 1. The number of hydrogen-bond acceptors (Lipinski definition) is 6. The molecule has 1 aliphatic heterocycles. The predicted octanol–water partition coefficient (Wildman–Crippen LogP) is 5.15. The van der Waals surface area contributed by atoms with E-state index in [0.717, 1.165) is 48.9 Å². The minimum atomic E-state index is -1.43. The van der Waals surface area contributed by atoms with Gasteiger partial charge in [0.25, 0.3) is 0 Å². The van der Waals surface area contributed by atoms with Gasteiger partial charge in [0.05, 0.1) is 13.3 Å². The van der Waals surface area contributed by atoms with Crippen molar-refractivity contribution in [2.75, 3.05) is 25.1 Å². The summed E-state index contributed by atoms with van der Waals surface area (Å²) in [5.74, 6) is 2.25. The van der Waals surface area contributed by atoms with E-state index in [1.165, 1.54) is 0 Å². The summed E-state index contributed by atoms with van der Waals surface area (Å²) in [6.45, 7) is 5.75. The second-order valence-electron chi connectivity index (χ2n) is 7.13. The number of piperidine rings is 1. The van der Waals surface area contributed by atoms with Crippen molar-refractivity contribution in [1.82, 2.24) is 9.88 Å². The highest BCUT2D eigenvalue weighted by Gasteiger charge is 2.28. The first-order valence-electron chi connectivity index (χ1n) is 10.4. The molecule has 1 fully saturated rings. The van der Waals surface area contributed by atoms with Crippen molar-refractivity contribution in [3.8, 4) is 11.5 Å². The first-order chi connectivity index (χ1) is 15.1. The smallest absolute Gasteiger partial charge is 0.249 e. The molecule has 166 valence electrons. The largest absolute Gasteiger partial charge is 0.494 e. The first-order valence-corrected chi connectivity index (χ1v) is 11.1. The van der Waals surface area contributed by atoms with Crippen molar-refractivity contribution in [3.63, 3.8) is 0 Å². The highest BCUT2D eigenvalue weighted by molar-refractivity contribution is 7.16. The third kappa shape index (κ3) is 5.73. The van der Waals surface area contributed by atoms with Crippen molar-refractivity contribution >= 4 is 26.8 Å². The van der Waals surface area contributed by atoms with E-state index < -0.39 is 6.10 Å². The van der Waals surface area contributed by atoms with E-state index in [4.69, 9.17) is 9.47 Å². The van der Waals surface area contributed by atoms with Gasteiger partial charge in [-0.15, -0.1) is 0 Å². The summed E-state index contributed by atoms with van der Waals surface area (Å²) in [5.41, 5.74) is 1.89. The average Bonchev–Trinajstić information content (AvgIpc) is 2.79. The lowest BCUT2D eigenvalue weighted by Gasteiger charge is -2.40. The molecule has 1 aromatic heterocycles. The van der Waals surface area contributed by atoms with Crippen LogP contribution in [0.15, 0.2) is 59.6 Å². The molecule has 0 aliphatic carbocycles. The summed E-state index contributed by atoms with van der Waals surface area (Å²) in [6, 6.07) is 9.57. The molecular weight excluding hydrogens is 414 g/mol. The zero-order chi connectivity index (χ0) is 22.2. The first kappa shape index (κ1) is 23.0. The number of pyridine rings is 1. The molecule has 2 aromatic rings. The number of ether oxygens (including phenoxy) is 2. The Bertz CT molecular complexity index is 897. The van der Waals surface area contributed by atoms with Gasteiger partial charge in [-0.3, -0.25) is 4.98 Å². The van der Waals surface area contributed by atoms with Crippen LogP contribution in [0.25, 0.3) is 0 Å². The maximum Gasteiger partial charge on any atom is 0.249 e. The van der Waals surface area contributed by atoms with Crippen LogP contribution in [0.5, 0.6) is 11.5 Å². The second-order valence-corrected chi connectivity index (χ2v) is 7.66. The van der Waals surface area contributed by atoms with Gasteiger partial charge in [0.15, 0.2) is 0 Å². The number of hydrogen-bond donors (Lipinski definition) is 0. The molecule has 2 unspecified atom stereocenters. The zero-order valence-electron chi connectivity index (χ0n) is 18.2. The average molecular weight is 444 g/mol. The molecule has 8 heteroatoms. The number of rotatable bonds is 8. The van der Waals surface area contributed by atoms with Gasteiger partial charge in [-0.1, -0.05) is 9.24 Å². The van der Waals surface area contributed by atoms with Crippen LogP contribution < -0.4 is 14.4 Å². The molecule has 0 N–H and O–H groups in total. The minimum absolute atomic E-state index is 0.250. The monoisotopic (exact) mass is 444 g/mol. The van der Waals surface area contributed by atoms with E-state index in [0.29, 0.717) is 5.75 Å². The van der Waals surface area contributed by atoms with Gasteiger partial charge in [-0.2, -0.15) is 4.39 Å².